The lowest BCUT2D eigenvalue weighted by molar-refractivity contribution is -0.142. The molecule has 0 heterocycles. The molecule has 1 unspecified atom stereocenters. The van der Waals surface area contributed by atoms with Gasteiger partial charge in [0, 0.05) is 25.4 Å². The molecule has 1 aliphatic carbocycles. The van der Waals surface area contributed by atoms with Crippen molar-refractivity contribution in [2.45, 2.75) is 51.0 Å². The van der Waals surface area contributed by atoms with Gasteiger partial charge in [0.2, 0.25) is 11.8 Å². The predicted octanol–water partition coefficient (Wildman–Crippen LogP) is 0.0248. The number of hydrogen-bond donors (Lipinski definition) is 4. The van der Waals surface area contributed by atoms with Crippen molar-refractivity contribution < 1.29 is 24.6 Å². The molecule has 2 amide bonds. The van der Waals surface area contributed by atoms with Crippen molar-refractivity contribution in [3.63, 3.8) is 0 Å². The molecule has 0 radical (unpaired) electrons. The zero-order chi connectivity index (χ0) is 15.9. The van der Waals surface area contributed by atoms with Gasteiger partial charge in [-0.15, -0.1) is 0 Å². The SMILES string of the molecule is CC(O)(CNC(=O)CCNC(=O)C1CCCC1)CC(=O)O. The molecule has 7 nitrogen and oxygen atoms in total. The quantitative estimate of drug-likeness (QED) is 0.504. The van der Waals surface area contributed by atoms with E-state index < -0.39 is 18.0 Å². The number of aliphatic hydroxyl groups is 1. The third-order valence-electron chi connectivity index (χ3n) is 3.58. The Balaban J connectivity index is 2.16. The van der Waals surface area contributed by atoms with Crippen LogP contribution in [0, 0.1) is 5.92 Å². The third-order valence-corrected chi connectivity index (χ3v) is 3.58. The van der Waals surface area contributed by atoms with E-state index in [4.69, 9.17) is 5.11 Å². The summed E-state index contributed by atoms with van der Waals surface area (Å²) in [5, 5.41) is 23.5. The van der Waals surface area contributed by atoms with E-state index >= 15 is 0 Å². The fourth-order valence-corrected chi connectivity index (χ4v) is 2.40. The zero-order valence-electron chi connectivity index (χ0n) is 12.4. The van der Waals surface area contributed by atoms with Crippen molar-refractivity contribution in [2.75, 3.05) is 13.1 Å². The summed E-state index contributed by atoms with van der Waals surface area (Å²) in [6.07, 6.45) is 3.66. The van der Waals surface area contributed by atoms with Gasteiger partial charge in [-0.1, -0.05) is 12.8 Å². The number of nitrogens with one attached hydrogen (secondary N) is 2. The smallest absolute Gasteiger partial charge is 0.306 e. The minimum atomic E-state index is -1.48. The van der Waals surface area contributed by atoms with Crippen LogP contribution in [-0.2, 0) is 14.4 Å². The Kier molecular flexibility index (Phi) is 6.61. The average Bonchev–Trinajstić information content (AvgIpc) is 2.88. The molecule has 0 aromatic rings. The molecule has 1 saturated carbocycles. The summed E-state index contributed by atoms with van der Waals surface area (Å²) in [4.78, 5) is 33.8. The number of rotatable bonds is 8. The van der Waals surface area contributed by atoms with E-state index in [2.05, 4.69) is 10.6 Å². The van der Waals surface area contributed by atoms with Gasteiger partial charge >= 0.3 is 5.97 Å². The molecule has 0 saturated heterocycles. The van der Waals surface area contributed by atoms with Crippen LogP contribution in [0.15, 0.2) is 0 Å². The molecule has 21 heavy (non-hydrogen) atoms. The maximum Gasteiger partial charge on any atom is 0.306 e. The highest BCUT2D eigenvalue weighted by atomic mass is 16.4. The highest BCUT2D eigenvalue weighted by molar-refractivity contribution is 5.80. The molecule has 1 aliphatic rings. The minimum absolute atomic E-state index is 0.00169. The van der Waals surface area contributed by atoms with E-state index in [9.17, 15) is 19.5 Å². The number of carbonyl (C=O) groups is 3. The Hall–Kier alpha value is -1.63. The molecule has 120 valence electrons. The van der Waals surface area contributed by atoms with Crippen LogP contribution < -0.4 is 10.6 Å². The van der Waals surface area contributed by atoms with Gasteiger partial charge in [0.05, 0.1) is 12.0 Å². The molecule has 1 atom stereocenters. The van der Waals surface area contributed by atoms with E-state index in [0.29, 0.717) is 0 Å². The molecule has 0 aromatic heterocycles. The van der Waals surface area contributed by atoms with Crippen LogP contribution in [-0.4, -0.2) is 46.7 Å². The zero-order valence-corrected chi connectivity index (χ0v) is 12.4. The number of carboxylic acid groups (broad SMARTS) is 1. The normalized spacial score (nSPS) is 18.0. The molecular weight excluding hydrogens is 276 g/mol. The van der Waals surface area contributed by atoms with Crippen molar-refractivity contribution in [3.8, 4) is 0 Å². The molecule has 1 rings (SSSR count). The molecule has 0 aliphatic heterocycles. The third kappa shape index (κ3) is 7.08. The highest BCUT2D eigenvalue weighted by Gasteiger charge is 2.25. The van der Waals surface area contributed by atoms with Crippen LogP contribution >= 0.6 is 0 Å². The van der Waals surface area contributed by atoms with Crippen molar-refractivity contribution in [1.29, 1.82) is 0 Å². The van der Waals surface area contributed by atoms with Crippen molar-refractivity contribution in [2.24, 2.45) is 5.92 Å². The molecule has 4 N–H and O–H groups in total. The van der Waals surface area contributed by atoms with Crippen LogP contribution in [0.2, 0.25) is 0 Å². The Morgan fingerprint density at radius 3 is 2.38 bits per heavy atom. The van der Waals surface area contributed by atoms with Gasteiger partial charge in [-0.25, -0.2) is 0 Å². The number of carbonyl (C=O) groups excluding carboxylic acids is 2. The summed E-state index contributed by atoms with van der Waals surface area (Å²) in [5.41, 5.74) is -1.48. The molecule has 0 aromatic carbocycles. The lowest BCUT2D eigenvalue weighted by Crippen LogP contribution is -2.43. The van der Waals surface area contributed by atoms with E-state index in [1.807, 2.05) is 0 Å². The number of carboxylic acids is 1. The first kappa shape index (κ1) is 17.4. The Morgan fingerprint density at radius 2 is 1.81 bits per heavy atom. The van der Waals surface area contributed by atoms with Crippen LogP contribution in [0.1, 0.15) is 45.4 Å². The topological polar surface area (TPSA) is 116 Å². The van der Waals surface area contributed by atoms with Crippen molar-refractivity contribution >= 4 is 17.8 Å². The summed E-state index contributed by atoms with van der Waals surface area (Å²) in [7, 11) is 0. The number of amides is 2. The van der Waals surface area contributed by atoms with E-state index in [-0.39, 0.29) is 37.2 Å². The molecule has 0 bridgehead atoms. The maximum absolute atomic E-state index is 11.7. The molecule has 0 spiro atoms. The van der Waals surface area contributed by atoms with E-state index in [0.717, 1.165) is 25.7 Å². The lowest BCUT2D eigenvalue weighted by Gasteiger charge is -2.21. The van der Waals surface area contributed by atoms with Crippen LogP contribution in [0.5, 0.6) is 0 Å². The van der Waals surface area contributed by atoms with Gasteiger partial charge in [-0.2, -0.15) is 0 Å². The molecule has 7 heteroatoms. The van der Waals surface area contributed by atoms with Crippen molar-refractivity contribution in [3.05, 3.63) is 0 Å². The molecule has 1 fully saturated rings. The maximum atomic E-state index is 11.7. The van der Waals surface area contributed by atoms with Crippen LogP contribution in [0.4, 0.5) is 0 Å². The monoisotopic (exact) mass is 300 g/mol. The first-order chi connectivity index (χ1) is 9.80. The fourth-order valence-electron chi connectivity index (χ4n) is 2.40. The summed E-state index contributed by atoms with van der Waals surface area (Å²) >= 11 is 0. The lowest BCUT2D eigenvalue weighted by atomic mass is 10.0. The van der Waals surface area contributed by atoms with Gasteiger partial charge in [0.1, 0.15) is 0 Å². The second-order valence-corrected chi connectivity index (χ2v) is 5.87. The summed E-state index contributed by atoms with van der Waals surface area (Å²) in [5.74, 6) is -1.38. The summed E-state index contributed by atoms with van der Waals surface area (Å²) in [6, 6.07) is 0. The predicted molar refractivity (Wildman–Crippen MR) is 75.5 cm³/mol. The second-order valence-electron chi connectivity index (χ2n) is 5.87. The summed E-state index contributed by atoms with van der Waals surface area (Å²) < 4.78 is 0. The molecular formula is C14H24N2O5. The first-order valence-corrected chi connectivity index (χ1v) is 7.29. The van der Waals surface area contributed by atoms with Gasteiger partial charge in [-0.3, -0.25) is 14.4 Å². The minimum Gasteiger partial charge on any atom is -0.481 e. The van der Waals surface area contributed by atoms with E-state index in [1.165, 1.54) is 6.92 Å². The Bertz CT molecular complexity index is 389. The van der Waals surface area contributed by atoms with Gasteiger partial charge in [-0.05, 0) is 19.8 Å². The van der Waals surface area contributed by atoms with Gasteiger partial charge in [0.25, 0.3) is 0 Å². The van der Waals surface area contributed by atoms with Crippen molar-refractivity contribution in [1.82, 2.24) is 10.6 Å². The first-order valence-electron chi connectivity index (χ1n) is 7.29. The second kappa shape index (κ2) is 7.97. The van der Waals surface area contributed by atoms with Crippen LogP contribution in [0.25, 0.3) is 0 Å². The van der Waals surface area contributed by atoms with Gasteiger partial charge < -0.3 is 20.8 Å². The fraction of sp³-hybridized carbons (Fsp3) is 0.786. The highest BCUT2D eigenvalue weighted by Crippen LogP contribution is 2.24. The Labute approximate surface area is 124 Å². The summed E-state index contributed by atoms with van der Waals surface area (Å²) in [6.45, 7) is 1.47. The Morgan fingerprint density at radius 1 is 1.19 bits per heavy atom. The largest absolute Gasteiger partial charge is 0.481 e. The average molecular weight is 300 g/mol. The van der Waals surface area contributed by atoms with E-state index in [1.54, 1.807) is 0 Å². The van der Waals surface area contributed by atoms with Crippen LogP contribution in [0.3, 0.4) is 0 Å². The number of hydrogen-bond acceptors (Lipinski definition) is 4. The van der Waals surface area contributed by atoms with Gasteiger partial charge in [0.15, 0.2) is 0 Å². The standard InChI is InChI=1S/C14H24N2O5/c1-14(21,8-12(18)19)9-16-11(17)6-7-15-13(20)10-4-2-3-5-10/h10,21H,2-9H2,1H3,(H,15,20)(H,16,17)(H,18,19). The number of aliphatic carboxylic acids is 1.